The van der Waals surface area contributed by atoms with Crippen molar-refractivity contribution in [1.82, 2.24) is 18.7 Å². The summed E-state index contributed by atoms with van der Waals surface area (Å²) in [5.74, 6) is 0.876. The Kier molecular flexibility index (Phi) is 5.27. The van der Waals surface area contributed by atoms with Crippen molar-refractivity contribution in [1.29, 1.82) is 0 Å². The third kappa shape index (κ3) is 3.43. The first-order valence-corrected chi connectivity index (χ1v) is 9.89. The maximum absolute atomic E-state index is 13.4. The van der Waals surface area contributed by atoms with E-state index in [2.05, 4.69) is 4.98 Å². The zero-order chi connectivity index (χ0) is 21.3. The summed E-state index contributed by atoms with van der Waals surface area (Å²) in [5, 5.41) is 0. The minimum atomic E-state index is -0.380. The number of nitrogens with zero attached hydrogens (tertiary/aromatic N) is 4. The molecule has 30 heavy (non-hydrogen) atoms. The summed E-state index contributed by atoms with van der Waals surface area (Å²) in [6.45, 7) is 4.70. The predicted molar refractivity (Wildman–Crippen MR) is 117 cm³/mol. The topological polar surface area (TPSA) is 71.1 Å². The van der Waals surface area contributed by atoms with E-state index in [4.69, 9.17) is 4.74 Å². The summed E-state index contributed by atoms with van der Waals surface area (Å²) < 4.78 is 10.1. The summed E-state index contributed by atoms with van der Waals surface area (Å²) in [4.78, 5) is 31.1. The Bertz CT molecular complexity index is 1300. The second-order valence-corrected chi connectivity index (χ2v) is 7.62. The minimum absolute atomic E-state index is 0.141. The van der Waals surface area contributed by atoms with Crippen LogP contribution < -0.4 is 16.0 Å². The number of fused-ring (bicyclic) bond motifs is 1. The van der Waals surface area contributed by atoms with E-state index in [0.717, 1.165) is 11.3 Å². The van der Waals surface area contributed by atoms with Crippen LogP contribution in [0.2, 0.25) is 0 Å². The zero-order valence-corrected chi connectivity index (χ0v) is 17.3. The van der Waals surface area contributed by atoms with Crippen molar-refractivity contribution in [3.63, 3.8) is 0 Å². The van der Waals surface area contributed by atoms with E-state index in [0.29, 0.717) is 29.9 Å². The Labute approximate surface area is 173 Å². The minimum Gasteiger partial charge on any atom is -0.496 e. The van der Waals surface area contributed by atoms with Crippen LogP contribution in [0.4, 0.5) is 0 Å². The van der Waals surface area contributed by atoms with Crippen molar-refractivity contribution in [3.05, 3.63) is 87.3 Å². The molecule has 0 saturated heterocycles. The molecule has 0 bridgehead atoms. The lowest BCUT2D eigenvalue weighted by Gasteiger charge is -2.14. The molecule has 4 rings (SSSR count). The number of benzene rings is 2. The molecule has 0 saturated carbocycles. The highest BCUT2D eigenvalue weighted by molar-refractivity contribution is 5.72. The van der Waals surface area contributed by atoms with Crippen molar-refractivity contribution < 1.29 is 4.74 Å². The van der Waals surface area contributed by atoms with E-state index >= 15 is 0 Å². The molecule has 0 aliphatic carbocycles. The molecular weight excluding hydrogens is 380 g/mol. The van der Waals surface area contributed by atoms with Gasteiger partial charge in [-0.1, -0.05) is 50.2 Å². The van der Waals surface area contributed by atoms with Crippen LogP contribution in [0.5, 0.6) is 5.75 Å². The van der Waals surface area contributed by atoms with E-state index < -0.39 is 0 Å². The van der Waals surface area contributed by atoms with E-state index in [9.17, 15) is 9.59 Å². The Morgan fingerprint density at radius 3 is 2.40 bits per heavy atom. The molecule has 2 aromatic heterocycles. The van der Waals surface area contributed by atoms with Gasteiger partial charge in [0.25, 0.3) is 5.56 Å². The average Bonchev–Trinajstić information content (AvgIpc) is 3.15. The Hall–Kier alpha value is -3.61. The van der Waals surface area contributed by atoms with Crippen molar-refractivity contribution in [2.24, 2.45) is 5.92 Å². The van der Waals surface area contributed by atoms with Crippen LogP contribution in [0, 0.1) is 5.92 Å². The molecule has 154 valence electrons. The molecule has 2 aromatic carbocycles. The Morgan fingerprint density at radius 1 is 1.00 bits per heavy atom. The van der Waals surface area contributed by atoms with Crippen LogP contribution in [-0.4, -0.2) is 25.8 Å². The number of aromatic nitrogens is 4. The molecule has 0 atom stereocenters. The molecule has 7 heteroatoms. The maximum atomic E-state index is 13.4. The van der Waals surface area contributed by atoms with Gasteiger partial charge in [0.2, 0.25) is 0 Å². The standard InChI is InChI=1S/C23H24N4O3/c1-16(2)13-26-22(28)20-21(27(23(26)29)18-10-5-4-6-11-18)24-15-25(20)14-17-9-7-8-12-19(17)30-3/h4-12,15-16H,13-14H2,1-3H3. The molecule has 0 fully saturated rings. The monoisotopic (exact) mass is 404 g/mol. The highest BCUT2D eigenvalue weighted by Gasteiger charge is 2.20. The van der Waals surface area contributed by atoms with E-state index in [1.165, 1.54) is 9.13 Å². The van der Waals surface area contributed by atoms with Gasteiger partial charge in [-0.25, -0.2) is 14.3 Å². The maximum Gasteiger partial charge on any atom is 0.337 e. The smallest absolute Gasteiger partial charge is 0.337 e. The van der Waals surface area contributed by atoms with Gasteiger partial charge >= 0.3 is 5.69 Å². The van der Waals surface area contributed by atoms with Gasteiger partial charge in [-0.3, -0.25) is 9.36 Å². The van der Waals surface area contributed by atoms with Gasteiger partial charge < -0.3 is 9.30 Å². The predicted octanol–water partition coefficient (Wildman–Crippen LogP) is 3.06. The number of para-hydroxylation sites is 2. The van der Waals surface area contributed by atoms with Crippen LogP contribution in [0.3, 0.4) is 0 Å². The molecule has 4 aromatic rings. The quantitative estimate of drug-likeness (QED) is 0.495. The molecule has 0 aliphatic heterocycles. The summed E-state index contributed by atoms with van der Waals surface area (Å²) in [7, 11) is 1.62. The lowest BCUT2D eigenvalue weighted by Crippen LogP contribution is -2.41. The van der Waals surface area contributed by atoms with E-state index in [1.54, 1.807) is 18.0 Å². The lowest BCUT2D eigenvalue weighted by molar-refractivity contribution is 0.408. The number of imidazole rings is 1. The molecule has 0 amide bonds. The number of methoxy groups -OCH3 is 1. The molecule has 0 N–H and O–H groups in total. The van der Waals surface area contributed by atoms with Gasteiger partial charge in [0.05, 0.1) is 25.7 Å². The fourth-order valence-corrected chi connectivity index (χ4v) is 3.65. The molecule has 2 heterocycles. The van der Waals surface area contributed by atoms with Crippen molar-refractivity contribution in [3.8, 4) is 11.4 Å². The highest BCUT2D eigenvalue weighted by atomic mass is 16.5. The Balaban J connectivity index is 1.99. The zero-order valence-electron chi connectivity index (χ0n) is 17.3. The van der Waals surface area contributed by atoms with Crippen LogP contribution in [0.15, 0.2) is 70.5 Å². The summed E-state index contributed by atoms with van der Waals surface area (Å²) in [6.07, 6.45) is 1.61. The molecule has 0 aliphatic rings. The Morgan fingerprint density at radius 2 is 1.70 bits per heavy atom. The van der Waals surface area contributed by atoms with Gasteiger partial charge in [-0.15, -0.1) is 0 Å². The molecule has 7 nitrogen and oxygen atoms in total. The third-order valence-corrected chi connectivity index (χ3v) is 5.00. The van der Waals surface area contributed by atoms with Gasteiger partial charge in [-0.2, -0.15) is 0 Å². The SMILES string of the molecule is COc1ccccc1Cn1cnc2c1c(=O)n(CC(C)C)c(=O)n2-c1ccccc1. The molecular formula is C23H24N4O3. The number of rotatable bonds is 6. The van der Waals surface area contributed by atoms with Crippen LogP contribution >= 0.6 is 0 Å². The average molecular weight is 404 g/mol. The fraction of sp³-hybridized carbons (Fsp3) is 0.261. The van der Waals surface area contributed by atoms with Crippen LogP contribution in [0.25, 0.3) is 16.9 Å². The fourth-order valence-electron chi connectivity index (χ4n) is 3.65. The first kappa shape index (κ1) is 19.7. The van der Waals surface area contributed by atoms with Gasteiger partial charge in [0, 0.05) is 12.1 Å². The second kappa shape index (κ2) is 8.02. The van der Waals surface area contributed by atoms with Gasteiger partial charge in [0.15, 0.2) is 11.2 Å². The first-order valence-electron chi connectivity index (χ1n) is 9.89. The van der Waals surface area contributed by atoms with E-state index in [1.807, 2.05) is 68.4 Å². The van der Waals surface area contributed by atoms with Gasteiger partial charge in [0.1, 0.15) is 5.75 Å². The lowest BCUT2D eigenvalue weighted by atomic mass is 10.2. The summed E-state index contributed by atoms with van der Waals surface area (Å²) in [6, 6.07) is 16.9. The summed E-state index contributed by atoms with van der Waals surface area (Å²) >= 11 is 0. The number of ether oxygens (including phenoxy) is 1. The normalized spacial score (nSPS) is 11.3. The first-order chi connectivity index (χ1) is 14.5. The van der Waals surface area contributed by atoms with Crippen LogP contribution in [-0.2, 0) is 13.1 Å². The molecule has 0 spiro atoms. The number of hydrogen-bond acceptors (Lipinski definition) is 4. The highest BCUT2D eigenvalue weighted by Crippen LogP contribution is 2.20. The molecule has 0 unspecified atom stereocenters. The van der Waals surface area contributed by atoms with Crippen molar-refractivity contribution in [2.45, 2.75) is 26.9 Å². The van der Waals surface area contributed by atoms with Crippen molar-refractivity contribution >= 4 is 11.2 Å². The number of hydrogen-bond donors (Lipinski definition) is 0. The largest absolute Gasteiger partial charge is 0.496 e. The second-order valence-electron chi connectivity index (χ2n) is 7.62. The molecule has 0 radical (unpaired) electrons. The van der Waals surface area contributed by atoms with E-state index in [-0.39, 0.29) is 17.2 Å². The van der Waals surface area contributed by atoms with Crippen LogP contribution in [0.1, 0.15) is 19.4 Å². The van der Waals surface area contributed by atoms with Crippen molar-refractivity contribution in [2.75, 3.05) is 7.11 Å². The summed E-state index contributed by atoms with van der Waals surface area (Å²) in [5.41, 5.74) is 1.63. The van der Waals surface area contributed by atoms with Gasteiger partial charge in [-0.05, 0) is 24.1 Å². The third-order valence-electron chi connectivity index (χ3n) is 5.00.